The first-order chi connectivity index (χ1) is 9.58. The van der Waals surface area contributed by atoms with Gasteiger partial charge in [0, 0.05) is 6.04 Å². The molecule has 1 aliphatic rings. The van der Waals surface area contributed by atoms with Crippen molar-refractivity contribution in [3.05, 3.63) is 23.8 Å². The lowest BCUT2D eigenvalue weighted by Gasteiger charge is -2.24. The molecule has 1 fully saturated rings. The number of methoxy groups -OCH3 is 1. The highest BCUT2D eigenvalue weighted by molar-refractivity contribution is 5.98. The third-order valence-electron chi connectivity index (χ3n) is 4.58. The van der Waals surface area contributed by atoms with Crippen LogP contribution in [0.2, 0.25) is 0 Å². The zero-order chi connectivity index (χ0) is 14.7. The molecule has 4 nitrogen and oxygen atoms in total. The van der Waals surface area contributed by atoms with E-state index in [1.807, 2.05) is 6.07 Å². The first-order valence-corrected chi connectivity index (χ1v) is 7.31. The maximum atomic E-state index is 11.8. The number of nitrogens with one attached hydrogen (secondary N) is 1. The fourth-order valence-corrected chi connectivity index (χ4v) is 3.22. The van der Waals surface area contributed by atoms with E-state index < -0.39 is 0 Å². The van der Waals surface area contributed by atoms with E-state index in [4.69, 9.17) is 10.5 Å². The van der Waals surface area contributed by atoms with Crippen LogP contribution in [0.1, 0.15) is 43.5 Å². The lowest BCUT2D eigenvalue weighted by molar-refractivity contribution is 0.0602. The lowest BCUT2D eigenvalue weighted by atomic mass is 9.93. The predicted molar refractivity (Wildman–Crippen MR) is 81.8 cm³/mol. The normalized spacial score (nSPS) is 25.4. The van der Waals surface area contributed by atoms with E-state index in [1.54, 1.807) is 12.1 Å². The summed E-state index contributed by atoms with van der Waals surface area (Å²) in [6, 6.07) is 5.71. The Morgan fingerprint density at radius 2 is 2.20 bits per heavy atom. The van der Waals surface area contributed by atoms with Crippen LogP contribution in [0.4, 0.5) is 11.4 Å². The Kier molecular flexibility index (Phi) is 4.53. The Hall–Kier alpha value is -1.71. The standard InChI is InChI=1S/C16H24N2O2/c1-4-11-8-9-14(10(11)2)18-15-12(16(19)20-3)6-5-7-13(15)17/h5-7,10-11,14,18H,4,8-9,17H2,1-3H3. The van der Waals surface area contributed by atoms with Gasteiger partial charge in [-0.2, -0.15) is 0 Å². The van der Waals surface area contributed by atoms with Crippen molar-refractivity contribution in [1.29, 1.82) is 0 Å². The number of esters is 1. The fraction of sp³-hybridized carbons (Fsp3) is 0.562. The molecule has 0 radical (unpaired) electrons. The van der Waals surface area contributed by atoms with Gasteiger partial charge in [0.05, 0.1) is 24.0 Å². The zero-order valence-electron chi connectivity index (χ0n) is 12.5. The van der Waals surface area contributed by atoms with Crippen LogP contribution in [0.3, 0.4) is 0 Å². The van der Waals surface area contributed by atoms with E-state index >= 15 is 0 Å². The summed E-state index contributed by atoms with van der Waals surface area (Å²) >= 11 is 0. The molecule has 1 saturated carbocycles. The Labute approximate surface area is 120 Å². The van der Waals surface area contributed by atoms with Crippen molar-refractivity contribution < 1.29 is 9.53 Å². The molecule has 0 aliphatic heterocycles. The molecular formula is C16H24N2O2. The predicted octanol–water partition coefficient (Wildman–Crippen LogP) is 3.29. The van der Waals surface area contributed by atoms with Gasteiger partial charge >= 0.3 is 5.97 Å². The van der Waals surface area contributed by atoms with Gasteiger partial charge in [0.25, 0.3) is 0 Å². The highest BCUT2D eigenvalue weighted by Crippen LogP contribution is 2.37. The summed E-state index contributed by atoms with van der Waals surface area (Å²) < 4.78 is 4.83. The van der Waals surface area contributed by atoms with E-state index in [0.29, 0.717) is 28.9 Å². The van der Waals surface area contributed by atoms with Gasteiger partial charge in [-0.15, -0.1) is 0 Å². The van der Waals surface area contributed by atoms with Crippen LogP contribution >= 0.6 is 0 Å². The fourth-order valence-electron chi connectivity index (χ4n) is 3.22. The summed E-state index contributed by atoms with van der Waals surface area (Å²) in [5.74, 6) is 0.988. The first kappa shape index (κ1) is 14.7. The largest absolute Gasteiger partial charge is 0.465 e. The molecule has 3 unspecified atom stereocenters. The number of carbonyl (C=O) groups excluding carboxylic acids is 1. The molecule has 4 heteroatoms. The van der Waals surface area contributed by atoms with E-state index in [0.717, 1.165) is 12.3 Å². The number of benzene rings is 1. The molecule has 20 heavy (non-hydrogen) atoms. The smallest absolute Gasteiger partial charge is 0.340 e. The van der Waals surface area contributed by atoms with Gasteiger partial charge in [-0.1, -0.05) is 26.3 Å². The Morgan fingerprint density at radius 1 is 1.45 bits per heavy atom. The quantitative estimate of drug-likeness (QED) is 0.654. The maximum Gasteiger partial charge on any atom is 0.340 e. The van der Waals surface area contributed by atoms with Gasteiger partial charge in [-0.25, -0.2) is 4.79 Å². The van der Waals surface area contributed by atoms with E-state index in [-0.39, 0.29) is 5.97 Å². The summed E-state index contributed by atoms with van der Waals surface area (Å²) in [6.07, 6.45) is 3.55. The monoisotopic (exact) mass is 276 g/mol. The molecule has 0 amide bonds. The Morgan fingerprint density at radius 3 is 2.80 bits per heavy atom. The number of rotatable bonds is 4. The minimum Gasteiger partial charge on any atom is -0.465 e. The first-order valence-electron chi connectivity index (χ1n) is 7.31. The highest BCUT2D eigenvalue weighted by Gasteiger charge is 2.32. The minimum atomic E-state index is -0.350. The highest BCUT2D eigenvalue weighted by atomic mass is 16.5. The van der Waals surface area contributed by atoms with Crippen molar-refractivity contribution in [2.75, 3.05) is 18.2 Å². The number of nitrogen functional groups attached to an aromatic ring is 1. The molecule has 0 saturated heterocycles. The van der Waals surface area contributed by atoms with Crippen molar-refractivity contribution in [1.82, 2.24) is 0 Å². The number of carbonyl (C=O) groups is 1. The summed E-state index contributed by atoms with van der Waals surface area (Å²) in [7, 11) is 1.39. The average molecular weight is 276 g/mol. The van der Waals surface area contributed by atoms with Crippen molar-refractivity contribution in [3.8, 4) is 0 Å². The van der Waals surface area contributed by atoms with Crippen LogP contribution in [0, 0.1) is 11.8 Å². The van der Waals surface area contributed by atoms with Gasteiger partial charge in [-0.3, -0.25) is 0 Å². The van der Waals surface area contributed by atoms with E-state index in [1.165, 1.54) is 20.0 Å². The molecule has 0 aromatic heterocycles. The SMILES string of the molecule is CCC1CCC(Nc2c(N)cccc2C(=O)OC)C1C. The molecule has 110 valence electrons. The van der Waals surface area contributed by atoms with Crippen molar-refractivity contribution in [3.63, 3.8) is 0 Å². The van der Waals surface area contributed by atoms with Crippen LogP contribution in [0.25, 0.3) is 0 Å². The number of hydrogen-bond acceptors (Lipinski definition) is 4. The summed E-state index contributed by atoms with van der Waals surface area (Å²) in [4.78, 5) is 11.8. The Balaban J connectivity index is 2.23. The molecule has 0 spiro atoms. The van der Waals surface area contributed by atoms with Gasteiger partial charge in [-0.05, 0) is 36.8 Å². The topological polar surface area (TPSA) is 64.3 Å². The molecule has 0 bridgehead atoms. The van der Waals surface area contributed by atoms with Crippen LogP contribution in [-0.4, -0.2) is 19.1 Å². The number of para-hydroxylation sites is 1. The second-order valence-electron chi connectivity index (χ2n) is 5.62. The maximum absolute atomic E-state index is 11.8. The van der Waals surface area contributed by atoms with E-state index in [9.17, 15) is 4.79 Å². The number of ether oxygens (including phenoxy) is 1. The minimum absolute atomic E-state index is 0.350. The molecule has 3 N–H and O–H groups in total. The molecule has 1 aliphatic carbocycles. The lowest BCUT2D eigenvalue weighted by Crippen LogP contribution is -2.26. The van der Waals surface area contributed by atoms with Crippen LogP contribution in [0.5, 0.6) is 0 Å². The van der Waals surface area contributed by atoms with Crippen LogP contribution in [-0.2, 0) is 4.74 Å². The third kappa shape index (κ3) is 2.74. The molecule has 1 aromatic carbocycles. The average Bonchev–Trinajstić information content (AvgIpc) is 2.81. The van der Waals surface area contributed by atoms with Crippen molar-refractivity contribution in [2.45, 2.75) is 39.2 Å². The van der Waals surface area contributed by atoms with Crippen LogP contribution in [0.15, 0.2) is 18.2 Å². The summed E-state index contributed by atoms with van der Waals surface area (Å²) in [6.45, 7) is 4.51. The summed E-state index contributed by atoms with van der Waals surface area (Å²) in [5, 5.41) is 3.48. The second kappa shape index (κ2) is 6.16. The second-order valence-corrected chi connectivity index (χ2v) is 5.62. The van der Waals surface area contributed by atoms with E-state index in [2.05, 4.69) is 19.2 Å². The van der Waals surface area contributed by atoms with Gasteiger partial charge in [0.15, 0.2) is 0 Å². The molecule has 0 heterocycles. The van der Waals surface area contributed by atoms with Gasteiger partial charge < -0.3 is 15.8 Å². The number of hydrogen-bond donors (Lipinski definition) is 2. The Bertz CT molecular complexity index is 487. The molecule has 1 aromatic rings. The van der Waals surface area contributed by atoms with Crippen molar-refractivity contribution >= 4 is 17.3 Å². The number of nitrogens with two attached hydrogens (primary N) is 1. The van der Waals surface area contributed by atoms with Crippen molar-refractivity contribution in [2.24, 2.45) is 11.8 Å². The summed E-state index contributed by atoms with van der Waals surface area (Å²) in [5.41, 5.74) is 7.86. The van der Waals surface area contributed by atoms with Gasteiger partial charge in [0.2, 0.25) is 0 Å². The molecular weight excluding hydrogens is 252 g/mol. The zero-order valence-corrected chi connectivity index (χ0v) is 12.5. The van der Waals surface area contributed by atoms with Gasteiger partial charge in [0.1, 0.15) is 0 Å². The molecule has 3 atom stereocenters. The van der Waals surface area contributed by atoms with Crippen LogP contribution < -0.4 is 11.1 Å². The number of anilines is 2. The molecule has 2 rings (SSSR count). The third-order valence-corrected chi connectivity index (χ3v) is 4.58.